The van der Waals surface area contributed by atoms with Gasteiger partial charge in [0.25, 0.3) is 5.91 Å². The fraction of sp³-hybridized carbons (Fsp3) is 0.538. The Balaban J connectivity index is 2.10. The molecule has 2 heterocycles. The Morgan fingerprint density at radius 3 is 2.94 bits per heavy atom. The number of amides is 1. The molecule has 5 heteroatoms. The Hall–Kier alpha value is -1.49. The number of halogens is 1. The lowest BCUT2D eigenvalue weighted by Crippen LogP contribution is -2.41. The highest BCUT2D eigenvalue weighted by Crippen LogP contribution is 2.20. The van der Waals surface area contributed by atoms with E-state index in [9.17, 15) is 9.18 Å². The fourth-order valence-corrected chi connectivity index (χ4v) is 2.38. The molecule has 1 amide bonds. The van der Waals surface area contributed by atoms with Gasteiger partial charge < -0.3 is 9.80 Å². The first kappa shape index (κ1) is 13.0. The molecule has 0 bridgehead atoms. The van der Waals surface area contributed by atoms with E-state index in [-0.39, 0.29) is 11.9 Å². The molecule has 1 aliphatic rings. The molecule has 0 aromatic carbocycles. The van der Waals surface area contributed by atoms with Gasteiger partial charge in [-0.15, -0.1) is 0 Å². The van der Waals surface area contributed by atoms with Gasteiger partial charge in [0.2, 0.25) is 5.95 Å². The van der Waals surface area contributed by atoms with Gasteiger partial charge in [0.15, 0.2) is 0 Å². The zero-order valence-corrected chi connectivity index (χ0v) is 10.8. The Kier molecular flexibility index (Phi) is 3.91. The fourth-order valence-electron chi connectivity index (χ4n) is 2.38. The van der Waals surface area contributed by atoms with Crippen LogP contribution >= 0.6 is 0 Å². The van der Waals surface area contributed by atoms with E-state index >= 15 is 0 Å². The highest BCUT2D eigenvalue weighted by molar-refractivity contribution is 5.94. The van der Waals surface area contributed by atoms with Gasteiger partial charge in [-0.05, 0) is 39.1 Å². The molecule has 1 saturated heterocycles. The van der Waals surface area contributed by atoms with Crippen LogP contribution in [0.25, 0.3) is 0 Å². The SMILES string of the molecule is CN(C)CC1CCCN1C(=O)c1ccc(F)nc1. The maximum absolute atomic E-state index is 12.7. The van der Waals surface area contributed by atoms with E-state index in [0.717, 1.165) is 25.9 Å². The van der Waals surface area contributed by atoms with Gasteiger partial charge in [0.1, 0.15) is 0 Å². The van der Waals surface area contributed by atoms with E-state index < -0.39 is 5.95 Å². The molecule has 1 unspecified atom stereocenters. The van der Waals surface area contributed by atoms with Crippen LogP contribution in [0.4, 0.5) is 4.39 Å². The average Bonchev–Trinajstić information content (AvgIpc) is 2.76. The van der Waals surface area contributed by atoms with Gasteiger partial charge in [-0.2, -0.15) is 4.39 Å². The molecule has 1 aromatic heterocycles. The summed E-state index contributed by atoms with van der Waals surface area (Å²) in [6, 6.07) is 2.97. The Morgan fingerprint density at radius 1 is 1.56 bits per heavy atom. The number of likely N-dealkylation sites (N-methyl/N-ethyl adjacent to an activating group) is 1. The van der Waals surface area contributed by atoms with Gasteiger partial charge >= 0.3 is 0 Å². The average molecular weight is 251 g/mol. The van der Waals surface area contributed by atoms with Crippen LogP contribution in [0.2, 0.25) is 0 Å². The summed E-state index contributed by atoms with van der Waals surface area (Å²) >= 11 is 0. The van der Waals surface area contributed by atoms with Crippen LogP contribution in [0.1, 0.15) is 23.2 Å². The second kappa shape index (κ2) is 5.44. The summed E-state index contributed by atoms with van der Waals surface area (Å²) in [5.41, 5.74) is 0.460. The number of nitrogens with zero attached hydrogens (tertiary/aromatic N) is 3. The van der Waals surface area contributed by atoms with E-state index in [1.54, 1.807) is 0 Å². The van der Waals surface area contributed by atoms with Gasteiger partial charge in [0, 0.05) is 25.3 Å². The molecule has 98 valence electrons. The topological polar surface area (TPSA) is 36.4 Å². The summed E-state index contributed by atoms with van der Waals surface area (Å²) in [7, 11) is 4.00. The van der Waals surface area contributed by atoms with Crippen LogP contribution in [-0.2, 0) is 0 Å². The number of carbonyl (C=O) groups is 1. The van der Waals surface area contributed by atoms with Crippen molar-refractivity contribution in [2.45, 2.75) is 18.9 Å². The largest absolute Gasteiger partial charge is 0.334 e. The Morgan fingerprint density at radius 2 is 2.33 bits per heavy atom. The number of rotatable bonds is 3. The van der Waals surface area contributed by atoms with Crippen molar-refractivity contribution in [3.8, 4) is 0 Å². The summed E-state index contributed by atoms with van der Waals surface area (Å²) in [4.78, 5) is 19.8. The van der Waals surface area contributed by atoms with Crippen LogP contribution in [0.3, 0.4) is 0 Å². The third kappa shape index (κ3) is 2.85. The van der Waals surface area contributed by atoms with Crippen LogP contribution in [0.5, 0.6) is 0 Å². The zero-order valence-electron chi connectivity index (χ0n) is 10.8. The highest BCUT2D eigenvalue weighted by Gasteiger charge is 2.29. The maximum atomic E-state index is 12.7. The monoisotopic (exact) mass is 251 g/mol. The molecular weight excluding hydrogens is 233 g/mol. The van der Waals surface area contributed by atoms with Crippen molar-refractivity contribution < 1.29 is 9.18 Å². The molecule has 2 rings (SSSR count). The lowest BCUT2D eigenvalue weighted by Gasteiger charge is -2.27. The first-order chi connectivity index (χ1) is 8.58. The molecule has 0 spiro atoms. The lowest BCUT2D eigenvalue weighted by atomic mass is 10.2. The molecule has 18 heavy (non-hydrogen) atoms. The van der Waals surface area contributed by atoms with Crippen LogP contribution in [-0.4, -0.2) is 53.9 Å². The summed E-state index contributed by atoms with van der Waals surface area (Å²) in [6.45, 7) is 1.63. The second-order valence-electron chi connectivity index (χ2n) is 4.93. The van der Waals surface area contributed by atoms with Crippen molar-refractivity contribution in [2.24, 2.45) is 0 Å². The smallest absolute Gasteiger partial charge is 0.255 e. The highest BCUT2D eigenvalue weighted by atomic mass is 19.1. The maximum Gasteiger partial charge on any atom is 0.255 e. The molecule has 0 saturated carbocycles. The summed E-state index contributed by atoms with van der Waals surface area (Å²) in [5.74, 6) is -0.607. The minimum atomic E-state index is -0.558. The van der Waals surface area contributed by atoms with E-state index in [2.05, 4.69) is 9.88 Å². The lowest BCUT2D eigenvalue weighted by molar-refractivity contribution is 0.0716. The summed E-state index contributed by atoms with van der Waals surface area (Å²) in [6.07, 6.45) is 3.36. The molecule has 1 atom stereocenters. The van der Waals surface area contributed by atoms with Crippen LogP contribution < -0.4 is 0 Å². The molecular formula is C13H18FN3O. The standard InChI is InChI=1S/C13H18FN3O/c1-16(2)9-11-4-3-7-17(11)13(18)10-5-6-12(14)15-8-10/h5-6,8,11H,3-4,7,9H2,1-2H3. The van der Waals surface area contributed by atoms with Crippen LogP contribution in [0, 0.1) is 5.95 Å². The molecule has 1 aromatic rings. The van der Waals surface area contributed by atoms with Gasteiger partial charge in [-0.25, -0.2) is 4.98 Å². The number of hydrogen-bond acceptors (Lipinski definition) is 3. The first-order valence-electron chi connectivity index (χ1n) is 6.15. The molecule has 0 aliphatic carbocycles. The third-order valence-electron chi connectivity index (χ3n) is 3.19. The first-order valence-corrected chi connectivity index (χ1v) is 6.15. The molecule has 4 nitrogen and oxygen atoms in total. The van der Waals surface area contributed by atoms with E-state index in [4.69, 9.17) is 0 Å². The number of pyridine rings is 1. The molecule has 1 aliphatic heterocycles. The van der Waals surface area contributed by atoms with Crippen LogP contribution in [0.15, 0.2) is 18.3 Å². The van der Waals surface area contributed by atoms with Crippen molar-refractivity contribution >= 4 is 5.91 Å². The zero-order chi connectivity index (χ0) is 13.1. The molecule has 1 fully saturated rings. The Bertz CT molecular complexity index is 419. The molecule has 0 radical (unpaired) electrons. The number of hydrogen-bond donors (Lipinski definition) is 0. The second-order valence-corrected chi connectivity index (χ2v) is 4.93. The predicted octanol–water partition coefficient (Wildman–Crippen LogP) is 1.39. The van der Waals surface area contributed by atoms with Crippen molar-refractivity contribution in [3.05, 3.63) is 29.8 Å². The number of carbonyl (C=O) groups excluding carboxylic acids is 1. The van der Waals surface area contributed by atoms with Gasteiger partial charge in [-0.1, -0.05) is 0 Å². The van der Waals surface area contributed by atoms with Gasteiger partial charge in [0.05, 0.1) is 5.56 Å². The van der Waals surface area contributed by atoms with E-state index in [0.29, 0.717) is 5.56 Å². The quantitative estimate of drug-likeness (QED) is 0.762. The van der Waals surface area contributed by atoms with E-state index in [1.807, 2.05) is 19.0 Å². The van der Waals surface area contributed by atoms with Crippen molar-refractivity contribution in [1.29, 1.82) is 0 Å². The normalized spacial score (nSPS) is 19.6. The minimum absolute atomic E-state index is 0.0492. The third-order valence-corrected chi connectivity index (χ3v) is 3.19. The molecule has 0 N–H and O–H groups in total. The van der Waals surface area contributed by atoms with Crippen molar-refractivity contribution in [2.75, 3.05) is 27.2 Å². The predicted molar refractivity (Wildman–Crippen MR) is 66.8 cm³/mol. The van der Waals surface area contributed by atoms with Crippen molar-refractivity contribution in [1.82, 2.24) is 14.8 Å². The van der Waals surface area contributed by atoms with Crippen molar-refractivity contribution in [3.63, 3.8) is 0 Å². The summed E-state index contributed by atoms with van der Waals surface area (Å²) < 4.78 is 12.7. The van der Waals surface area contributed by atoms with Gasteiger partial charge in [-0.3, -0.25) is 4.79 Å². The minimum Gasteiger partial charge on any atom is -0.334 e. The van der Waals surface area contributed by atoms with E-state index in [1.165, 1.54) is 18.3 Å². The number of likely N-dealkylation sites (tertiary alicyclic amines) is 1. The summed E-state index contributed by atoms with van der Waals surface area (Å²) in [5, 5.41) is 0. The number of aromatic nitrogens is 1. The Labute approximate surface area is 106 Å².